The Hall–Kier alpha value is -1.58. The summed E-state index contributed by atoms with van der Waals surface area (Å²) in [5.41, 5.74) is 1.04. The molecule has 1 heterocycles. The predicted octanol–water partition coefficient (Wildman–Crippen LogP) is 2.67. The summed E-state index contributed by atoms with van der Waals surface area (Å²) >= 11 is 0. The van der Waals surface area contributed by atoms with Crippen LogP contribution in [-0.4, -0.2) is 15.6 Å². The van der Waals surface area contributed by atoms with Crippen LogP contribution in [-0.2, 0) is 0 Å². The van der Waals surface area contributed by atoms with Crippen LogP contribution in [0.15, 0.2) is 11.0 Å². The Balaban J connectivity index is 2.54. The van der Waals surface area contributed by atoms with Crippen molar-refractivity contribution in [2.24, 2.45) is 0 Å². The van der Waals surface area contributed by atoms with Crippen LogP contribution in [0.25, 0.3) is 0 Å². The molecule has 0 amide bonds. The second-order valence-corrected chi connectivity index (χ2v) is 5.12. The lowest BCUT2D eigenvalue weighted by Crippen LogP contribution is -2.31. The minimum Gasteiger partial charge on any atom is -0.477 e. The minimum absolute atomic E-state index is 0.0689. The lowest BCUT2D eigenvalue weighted by atomic mass is 9.94. The van der Waals surface area contributed by atoms with Crippen LogP contribution in [0.4, 0.5) is 0 Å². The number of carboxylic acids is 1. The highest BCUT2D eigenvalue weighted by Gasteiger charge is 2.22. The molecule has 0 radical (unpaired) electrons. The summed E-state index contributed by atoms with van der Waals surface area (Å²) in [7, 11) is 0. The summed E-state index contributed by atoms with van der Waals surface area (Å²) < 4.78 is 1.64. The van der Waals surface area contributed by atoms with Crippen molar-refractivity contribution in [3.8, 4) is 0 Å². The molecule has 1 aliphatic rings. The highest BCUT2D eigenvalue weighted by Crippen LogP contribution is 2.27. The molecule has 1 fully saturated rings. The summed E-state index contributed by atoms with van der Waals surface area (Å²) in [5.74, 6) is -1.12. The highest BCUT2D eigenvalue weighted by molar-refractivity contribution is 5.89. The summed E-state index contributed by atoms with van der Waals surface area (Å²) in [4.78, 5) is 23.5. The van der Waals surface area contributed by atoms with Crippen molar-refractivity contribution < 1.29 is 9.90 Å². The number of carboxylic acid groups (broad SMARTS) is 1. The molecule has 0 saturated heterocycles. The van der Waals surface area contributed by atoms with Crippen LogP contribution in [0.5, 0.6) is 0 Å². The van der Waals surface area contributed by atoms with Crippen molar-refractivity contribution in [3.63, 3.8) is 0 Å². The van der Waals surface area contributed by atoms with E-state index in [0.717, 1.165) is 31.2 Å². The van der Waals surface area contributed by atoms with E-state index >= 15 is 0 Å². The number of aromatic nitrogens is 1. The molecule has 0 unspecified atom stereocenters. The maximum atomic E-state index is 12.3. The molecule has 1 aromatic heterocycles. The smallest absolute Gasteiger partial charge is 0.341 e. The van der Waals surface area contributed by atoms with E-state index in [4.69, 9.17) is 0 Å². The first kappa shape index (κ1) is 12.9. The van der Waals surface area contributed by atoms with E-state index in [1.807, 2.05) is 13.1 Å². The number of aryl methyl sites for hydroxylation is 1. The summed E-state index contributed by atoms with van der Waals surface area (Å²) in [6, 6.07) is 0.170. The molecule has 1 N–H and O–H groups in total. The van der Waals surface area contributed by atoms with Crippen LogP contribution >= 0.6 is 0 Å². The Morgan fingerprint density at radius 1 is 1.28 bits per heavy atom. The fourth-order valence-corrected chi connectivity index (χ4v) is 2.73. The zero-order chi connectivity index (χ0) is 13.3. The Morgan fingerprint density at radius 2 is 1.89 bits per heavy atom. The van der Waals surface area contributed by atoms with Gasteiger partial charge in [-0.1, -0.05) is 19.3 Å². The third kappa shape index (κ3) is 2.19. The molecule has 0 aliphatic heterocycles. The first-order chi connectivity index (χ1) is 8.52. The van der Waals surface area contributed by atoms with Gasteiger partial charge in [0.2, 0.25) is 0 Å². The average Bonchev–Trinajstić information content (AvgIpc) is 2.34. The van der Waals surface area contributed by atoms with Crippen molar-refractivity contribution >= 4 is 5.97 Å². The second-order valence-electron chi connectivity index (χ2n) is 5.12. The summed E-state index contributed by atoms with van der Waals surface area (Å²) in [5, 5.41) is 9.18. The lowest BCUT2D eigenvalue weighted by molar-refractivity contribution is 0.0692. The molecular weight excluding hydrogens is 230 g/mol. The molecular formula is C14H19NO3. The molecule has 1 saturated carbocycles. The Morgan fingerprint density at radius 3 is 2.44 bits per heavy atom. The van der Waals surface area contributed by atoms with E-state index in [9.17, 15) is 14.7 Å². The quantitative estimate of drug-likeness (QED) is 0.876. The Kier molecular flexibility index (Phi) is 3.55. The second kappa shape index (κ2) is 4.96. The number of carbonyl (C=O) groups is 1. The van der Waals surface area contributed by atoms with Gasteiger partial charge in [-0.15, -0.1) is 0 Å². The number of aromatic carboxylic acids is 1. The first-order valence-corrected chi connectivity index (χ1v) is 6.48. The molecule has 98 valence electrons. The minimum atomic E-state index is -1.12. The zero-order valence-electron chi connectivity index (χ0n) is 10.9. The third-order valence-corrected chi connectivity index (χ3v) is 3.93. The monoisotopic (exact) mass is 249 g/mol. The maximum Gasteiger partial charge on any atom is 0.341 e. The number of hydrogen-bond donors (Lipinski definition) is 1. The largest absolute Gasteiger partial charge is 0.477 e. The van der Waals surface area contributed by atoms with E-state index in [1.54, 1.807) is 11.5 Å². The van der Waals surface area contributed by atoms with Gasteiger partial charge in [-0.05, 0) is 37.8 Å². The molecule has 18 heavy (non-hydrogen) atoms. The lowest BCUT2D eigenvalue weighted by Gasteiger charge is -2.25. The zero-order valence-corrected chi connectivity index (χ0v) is 10.9. The molecule has 0 spiro atoms. The maximum absolute atomic E-state index is 12.3. The van der Waals surface area contributed by atoms with Gasteiger partial charge >= 0.3 is 5.97 Å². The van der Waals surface area contributed by atoms with Crippen LogP contribution < -0.4 is 5.56 Å². The average molecular weight is 249 g/mol. The molecule has 4 nitrogen and oxygen atoms in total. The molecule has 1 aromatic rings. The van der Waals surface area contributed by atoms with Gasteiger partial charge in [-0.3, -0.25) is 4.79 Å². The van der Waals surface area contributed by atoms with E-state index in [2.05, 4.69) is 0 Å². The van der Waals surface area contributed by atoms with Crippen molar-refractivity contribution in [1.29, 1.82) is 0 Å². The van der Waals surface area contributed by atoms with Crippen molar-refractivity contribution in [2.45, 2.75) is 52.0 Å². The van der Waals surface area contributed by atoms with Gasteiger partial charge in [0.25, 0.3) is 5.56 Å². The SMILES string of the molecule is Cc1cn(C2CCCCC2)c(=O)c(C(=O)O)c1C. The molecule has 0 bridgehead atoms. The van der Waals surface area contributed by atoms with Gasteiger partial charge in [0.05, 0.1) is 0 Å². The topological polar surface area (TPSA) is 59.3 Å². The Bertz CT molecular complexity index is 525. The summed E-state index contributed by atoms with van der Waals surface area (Å²) in [6.07, 6.45) is 7.21. The van der Waals surface area contributed by atoms with E-state index in [-0.39, 0.29) is 17.2 Å². The van der Waals surface area contributed by atoms with Crippen LogP contribution in [0, 0.1) is 13.8 Å². The van der Waals surface area contributed by atoms with Crippen molar-refractivity contribution in [2.75, 3.05) is 0 Å². The highest BCUT2D eigenvalue weighted by atomic mass is 16.4. The number of rotatable bonds is 2. The molecule has 0 atom stereocenters. The van der Waals surface area contributed by atoms with E-state index < -0.39 is 5.97 Å². The van der Waals surface area contributed by atoms with Gasteiger partial charge < -0.3 is 9.67 Å². The predicted molar refractivity (Wildman–Crippen MR) is 69.3 cm³/mol. The van der Waals surface area contributed by atoms with Crippen LogP contribution in [0.2, 0.25) is 0 Å². The number of pyridine rings is 1. The summed E-state index contributed by atoms with van der Waals surface area (Å²) in [6.45, 7) is 3.56. The molecule has 2 rings (SSSR count). The molecule has 0 aromatic carbocycles. The van der Waals surface area contributed by atoms with Gasteiger partial charge in [-0.2, -0.15) is 0 Å². The van der Waals surface area contributed by atoms with Gasteiger partial charge in [0, 0.05) is 12.2 Å². The molecule has 4 heteroatoms. The van der Waals surface area contributed by atoms with E-state index in [0.29, 0.717) is 5.56 Å². The number of nitrogens with zero attached hydrogens (tertiary/aromatic N) is 1. The van der Waals surface area contributed by atoms with Crippen molar-refractivity contribution in [1.82, 2.24) is 4.57 Å². The fraction of sp³-hybridized carbons (Fsp3) is 0.571. The van der Waals surface area contributed by atoms with Gasteiger partial charge in [0.1, 0.15) is 5.56 Å². The fourth-order valence-electron chi connectivity index (χ4n) is 2.73. The van der Waals surface area contributed by atoms with Crippen LogP contribution in [0.3, 0.4) is 0 Å². The standard InChI is InChI=1S/C14H19NO3/c1-9-8-15(11-6-4-3-5-7-11)13(16)12(10(9)2)14(17)18/h8,11H,3-7H2,1-2H3,(H,17,18). The molecule has 1 aliphatic carbocycles. The van der Waals surface area contributed by atoms with Gasteiger partial charge in [-0.25, -0.2) is 4.79 Å². The first-order valence-electron chi connectivity index (χ1n) is 6.48. The third-order valence-electron chi connectivity index (χ3n) is 3.93. The normalized spacial score (nSPS) is 16.8. The van der Waals surface area contributed by atoms with E-state index in [1.165, 1.54) is 6.42 Å². The number of hydrogen-bond acceptors (Lipinski definition) is 2. The van der Waals surface area contributed by atoms with Gasteiger partial charge in [0.15, 0.2) is 0 Å². The Labute approximate surface area is 106 Å². The van der Waals surface area contributed by atoms with Crippen molar-refractivity contribution in [3.05, 3.63) is 33.2 Å². The van der Waals surface area contributed by atoms with Crippen LogP contribution in [0.1, 0.15) is 59.6 Å².